The number of anilines is 1. The number of hydrogen-bond acceptors (Lipinski definition) is 2. The Morgan fingerprint density at radius 3 is 2.61 bits per heavy atom. The van der Waals surface area contributed by atoms with Crippen LogP contribution in [0.15, 0.2) is 42.5 Å². The zero-order valence-electron chi connectivity index (χ0n) is 10.2. The first-order chi connectivity index (χ1) is 8.58. The highest BCUT2D eigenvalue weighted by atomic mass is 35.5. The molecule has 0 saturated heterocycles. The molecule has 0 spiro atoms. The number of nitrogen functional groups attached to an aromatic ring is 1. The van der Waals surface area contributed by atoms with Crippen molar-refractivity contribution < 1.29 is 5.11 Å². The van der Waals surface area contributed by atoms with E-state index in [-0.39, 0.29) is 0 Å². The van der Waals surface area contributed by atoms with E-state index in [1.54, 1.807) is 18.2 Å². The highest BCUT2D eigenvalue weighted by Crippen LogP contribution is 2.27. The largest absolute Gasteiger partial charge is 0.398 e. The number of aryl methyl sites for hydroxylation is 1. The summed E-state index contributed by atoms with van der Waals surface area (Å²) in [5, 5.41) is 10.8. The number of halogens is 1. The first-order valence-electron chi connectivity index (χ1n) is 5.85. The summed E-state index contributed by atoms with van der Waals surface area (Å²) < 4.78 is 0. The third-order valence-electron chi connectivity index (χ3n) is 3.08. The Labute approximate surface area is 112 Å². The number of rotatable bonds is 3. The SMILES string of the molecule is Cc1ccccc1CC(O)c1ccc(Cl)cc1N. The highest BCUT2D eigenvalue weighted by molar-refractivity contribution is 6.30. The van der Waals surface area contributed by atoms with Crippen LogP contribution in [0.1, 0.15) is 22.8 Å². The van der Waals surface area contributed by atoms with Gasteiger partial charge in [0, 0.05) is 22.7 Å². The van der Waals surface area contributed by atoms with Crippen LogP contribution >= 0.6 is 11.6 Å². The monoisotopic (exact) mass is 261 g/mol. The zero-order valence-corrected chi connectivity index (χ0v) is 11.0. The van der Waals surface area contributed by atoms with Crippen LogP contribution in [0.25, 0.3) is 0 Å². The first kappa shape index (κ1) is 12.9. The third-order valence-corrected chi connectivity index (χ3v) is 3.32. The molecule has 2 aromatic carbocycles. The van der Waals surface area contributed by atoms with Crippen molar-refractivity contribution >= 4 is 17.3 Å². The second-order valence-corrected chi connectivity index (χ2v) is 4.86. The standard InChI is InChI=1S/C15H16ClNO/c1-10-4-2-3-5-11(10)8-15(18)13-7-6-12(16)9-14(13)17/h2-7,9,15,18H,8,17H2,1H3. The lowest BCUT2D eigenvalue weighted by Crippen LogP contribution is -2.06. The fourth-order valence-corrected chi connectivity index (χ4v) is 2.19. The van der Waals surface area contributed by atoms with E-state index in [0.29, 0.717) is 17.1 Å². The first-order valence-corrected chi connectivity index (χ1v) is 6.23. The molecule has 1 atom stereocenters. The predicted molar refractivity (Wildman–Crippen MR) is 75.7 cm³/mol. The maximum atomic E-state index is 10.2. The number of nitrogens with two attached hydrogens (primary N) is 1. The van der Waals surface area contributed by atoms with Crippen molar-refractivity contribution in [2.24, 2.45) is 0 Å². The van der Waals surface area contributed by atoms with Crippen LogP contribution in [0, 0.1) is 6.92 Å². The molecule has 0 aliphatic heterocycles. The molecular weight excluding hydrogens is 246 g/mol. The van der Waals surface area contributed by atoms with Gasteiger partial charge in [-0.3, -0.25) is 0 Å². The summed E-state index contributed by atoms with van der Waals surface area (Å²) in [5.74, 6) is 0. The Kier molecular flexibility index (Phi) is 3.90. The van der Waals surface area contributed by atoms with Gasteiger partial charge >= 0.3 is 0 Å². The maximum Gasteiger partial charge on any atom is 0.0850 e. The number of aliphatic hydroxyl groups is 1. The summed E-state index contributed by atoms with van der Waals surface area (Å²) in [6.07, 6.45) is -0.0539. The molecule has 0 fully saturated rings. The number of hydrogen-bond donors (Lipinski definition) is 2. The molecule has 0 aromatic heterocycles. The van der Waals surface area contributed by atoms with Crippen molar-refractivity contribution in [1.29, 1.82) is 0 Å². The van der Waals surface area contributed by atoms with Crippen LogP contribution in [0.2, 0.25) is 5.02 Å². The van der Waals surface area contributed by atoms with E-state index in [4.69, 9.17) is 17.3 Å². The second kappa shape index (κ2) is 5.42. The molecule has 1 unspecified atom stereocenters. The molecule has 2 rings (SSSR count). The molecule has 2 aromatic rings. The third kappa shape index (κ3) is 2.84. The van der Waals surface area contributed by atoms with E-state index in [1.165, 1.54) is 5.56 Å². The van der Waals surface area contributed by atoms with E-state index < -0.39 is 6.10 Å². The molecule has 18 heavy (non-hydrogen) atoms. The van der Waals surface area contributed by atoms with Gasteiger partial charge in [-0.1, -0.05) is 41.9 Å². The minimum atomic E-state index is -0.608. The normalized spacial score (nSPS) is 12.4. The summed E-state index contributed by atoms with van der Waals surface area (Å²) >= 11 is 5.85. The lowest BCUT2D eigenvalue weighted by atomic mass is 9.97. The molecule has 3 N–H and O–H groups in total. The summed E-state index contributed by atoms with van der Waals surface area (Å²) in [6.45, 7) is 2.03. The van der Waals surface area contributed by atoms with Gasteiger partial charge in [-0.05, 0) is 30.2 Å². The zero-order chi connectivity index (χ0) is 13.1. The Morgan fingerprint density at radius 2 is 1.94 bits per heavy atom. The molecule has 2 nitrogen and oxygen atoms in total. The lowest BCUT2D eigenvalue weighted by Gasteiger charge is -2.15. The van der Waals surface area contributed by atoms with Gasteiger partial charge in [-0.15, -0.1) is 0 Å². The van der Waals surface area contributed by atoms with Crippen molar-refractivity contribution in [3.05, 3.63) is 64.2 Å². The van der Waals surface area contributed by atoms with Gasteiger partial charge in [0.15, 0.2) is 0 Å². The minimum Gasteiger partial charge on any atom is -0.398 e. The summed E-state index contributed by atoms with van der Waals surface area (Å²) in [5.41, 5.74) is 9.42. The van der Waals surface area contributed by atoms with Crippen molar-refractivity contribution in [3.8, 4) is 0 Å². The summed E-state index contributed by atoms with van der Waals surface area (Å²) in [6, 6.07) is 13.2. The summed E-state index contributed by atoms with van der Waals surface area (Å²) in [7, 11) is 0. The average Bonchev–Trinajstić information content (AvgIpc) is 2.32. The van der Waals surface area contributed by atoms with Crippen LogP contribution < -0.4 is 5.73 Å². The molecule has 3 heteroatoms. The lowest BCUT2D eigenvalue weighted by molar-refractivity contribution is 0.179. The average molecular weight is 262 g/mol. The Hall–Kier alpha value is -1.51. The van der Waals surface area contributed by atoms with Crippen molar-refractivity contribution in [2.75, 3.05) is 5.73 Å². The highest BCUT2D eigenvalue weighted by Gasteiger charge is 2.13. The maximum absolute atomic E-state index is 10.2. The van der Waals surface area contributed by atoms with E-state index in [1.807, 2.05) is 31.2 Å². The van der Waals surface area contributed by atoms with Crippen molar-refractivity contribution in [1.82, 2.24) is 0 Å². The van der Waals surface area contributed by atoms with Crippen LogP contribution in [0.4, 0.5) is 5.69 Å². The van der Waals surface area contributed by atoms with E-state index >= 15 is 0 Å². The van der Waals surface area contributed by atoms with Crippen LogP contribution in [0.3, 0.4) is 0 Å². The number of aliphatic hydroxyl groups excluding tert-OH is 1. The number of benzene rings is 2. The van der Waals surface area contributed by atoms with Gasteiger partial charge in [0.1, 0.15) is 0 Å². The quantitative estimate of drug-likeness (QED) is 0.831. The fraction of sp³-hybridized carbons (Fsp3) is 0.200. The molecule has 94 valence electrons. The molecule has 0 aliphatic rings. The topological polar surface area (TPSA) is 46.2 Å². The van der Waals surface area contributed by atoms with Gasteiger partial charge in [0.2, 0.25) is 0 Å². The van der Waals surface area contributed by atoms with Gasteiger partial charge < -0.3 is 10.8 Å². The van der Waals surface area contributed by atoms with Crippen molar-refractivity contribution in [3.63, 3.8) is 0 Å². The molecule has 0 bridgehead atoms. The van der Waals surface area contributed by atoms with Gasteiger partial charge in [0.25, 0.3) is 0 Å². The summed E-state index contributed by atoms with van der Waals surface area (Å²) in [4.78, 5) is 0. The molecule has 0 radical (unpaired) electrons. The predicted octanol–water partition coefficient (Wildman–Crippen LogP) is 3.51. The van der Waals surface area contributed by atoms with E-state index in [9.17, 15) is 5.11 Å². The molecule has 0 amide bonds. The Balaban J connectivity index is 2.22. The molecule has 0 heterocycles. The Bertz CT molecular complexity index is 554. The minimum absolute atomic E-state index is 0.531. The van der Waals surface area contributed by atoms with Gasteiger partial charge in [0.05, 0.1) is 6.10 Å². The molecule has 0 saturated carbocycles. The molecular formula is C15H16ClNO. The van der Waals surface area contributed by atoms with E-state index in [0.717, 1.165) is 11.1 Å². The van der Waals surface area contributed by atoms with Crippen LogP contribution in [-0.2, 0) is 6.42 Å². The van der Waals surface area contributed by atoms with Crippen molar-refractivity contribution in [2.45, 2.75) is 19.4 Å². The van der Waals surface area contributed by atoms with Crippen LogP contribution in [-0.4, -0.2) is 5.11 Å². The fourth-order valence-electron chi connectivity index (χ4n) is 2.01. The molecule has 0 aliphatic carbocycles. The van der Waals surface area contributed by atoms with E-state index in [2.05, 4.69) is 0 Å². The Morgan fingerprint density at radius 1 is 1.22 bits per heavy atom. The second-order valence-electron chi connectivity index (χ2n) is 4.42. The van der Waals surface area contributed by atoms with Crippen LogP contribution in [0.5, 0.6) is 0 Å². The smallest absolute Gasteiger partial charge is 0.0850 e. The van der Waals surface area contributed by atoms with Gasteiger partial charge in [-0.25, -0.2) is 0 Å². The van der Waals surface area contributed by atoms with Gasteiger partial charge in [-0.2, -0.15) is 0 Å².